The number of aryl methyl sites for hydroxylation is 1. The molecule has 0 spiro atoms. The van der Waals surface area contributed by atoms with Gasteiger partial charge in [-0.25, -0.2) is 0 Å². The number of esters is 1. The van der Waals surface area contributed by atoms with Gasteiger partial charge in [0.1, 0.15) is 0 Å². The van der Waals surface area contributed by atoms with Crippen molar-refractivity contribution in [3.8, 4) is 0 Å². The molecular weight excluding hydrogens is 354 g/mol. The van der Waals surface area contributed by atoms with Crippen LogP contribution in [0.15, 0.2) is 36.4 Å². The number of rotatable bonds is 7. The van der Waals surface area contributed by atoms with E-state index in [1.54, 1.807) is 0 Å². The molecule has 28 heavy (non-hydrogen) atoms. The van der Waals surface area contributed by atoms with Crippen LogP contribution in [0.4, 0.5) is 0 Å². The second-order valence-electron chi connectivity index (χ2n) is 7.98. The summed E-state index contributed by atoms with van der Waals surface area (Å²) in [5.74, 6) is -0.441. The topological polar surface area (TPSA) is 57.5 Å². The maximum Gasteiger partial charge on any atom is 0.317 e. The van der Waals surface area contributed by atoms with Crippen LogP contribution in [0.1, 0.15) is 53.0 Å². The molecule has 0 bridgehead atoms. The third-order valence-corrected chi connectivity index (χ3v) is 6.09. The van der Waals surface area contributed by atoms with Gasteiger partial charge in [0.25, 0.3) is 0 Å². The quantitative estimate of drug-likeness (QED) is 0.541. The van der Waals surface area contributed by atoms with E-state index in [0.29, 0.717) is 5.56 Å². The summed E-state index contributed by atoms with van der Waals surface area (Å²) in [5.41, 5.74) is 3.00. The smallest absolute Gasteiger partial charge is 0.317 e. The number of aromatic nitrogens is 1. The van der Waals surface area contributed by atoms with Gasteiger partial charge in [-0.05, 0) is 51.2 Å². The summed E-state index contributed by atoms with van der Waals surface area (Å²) in [7, 11) is 0. The Hall–Kier alpha value is -2.40. The average Bonchev–Trinajstić information content (AvgIpc) is 3.28. The molecule has 1 aromatic heterocycles. The van der Waals surface area contributed by atoms with E-state index in [1.165, 1.54) is 0 Å². The number of carbonyl (C=O) groups is 2. The lowest BCUT2D eigenvalue weighted by atomic mass is 9.96. The van der Waals surface area contributed by atoms with Gasteiger partial charge >= 0.3 is 5.97 Å². The highest BCUT2D eigenvalue weighted by atomic mass is 16.5. The highest BCUT2D eigenvalue weighted by molar-refractivity contribution is 6.00. The molecule has 148 valence electrons. The molecule has 5 heteroatoms. The SMILES string of the molecule is Cc1cc(C(=O)COC(=O)C2(c3ccccc3)CC2)c(C)n1C[C@@H]1CCCO1. The first-order valence-corrected chi connectivity index (χ1v) is 10.1. The van der Waals surface area contributed by atoms with Crippen LogP contribution in [0.3, 0.4) is 0 Å². The molecule has 2 heterocycles. The minimum Gasteiger partial charge on any atom is -0.457 e. The van der Waals surface area contributed by atoms with Crippen LogP contribution in [-0.2, 0) is 26.2 Å². The Labute approximate surface area is 165 Å². The normalized spacial score (nSPS) is 20.1. The fourth-order valence-corrected chi connectivity index (χ4v) is 4.20. The summed E-state index contributed by atoms with van der Waals surface area (Å²) in [4.78, 5) is 25.4. The molecule has 0 unspecified atom stereocenters. The van der Waals surface area contributed by atoms with E-state index in [-0.39, 0.29) is 24.5 Å². The van der Waals surface area contributed by atoms with E-state index in [9.17, 15) is 9.59 Å². The predicted molar refractivity (Wildman–Crippen MR) is 106 cm³/mol. The van der Waals surface area contributed by atoms with Crippen LogP contribution in [0, 0.1) is 13.8 Å². The molecular formula is C23H27NO4. The van der Waals surface area contributed by atoms with Crippen molar-refractivity contribution < 1.29 is 19.1 Å². The summed E-state index contributed by atoms with van der Waals surface area (Å²) in [6.07, 6.45) is 3.92. The monoisotopic (exact) mass is 381 g/mol. The van der Waals surface area contributed by atoms with Crippen LogP contribution in [-0.4, -0.2) is 35.6 Å². The standard InChI is InChI=1S/C23H27NO4/c1-16-13-20(17(2)24(16)14-19-9-6-12-27-19)21(25)15-28-22(26)23(10-11-23)18-7-4-3-5-8-18/h3-5,7-8,13,19H,6,9-12,14-15H2,1-2H3/t19-/m0/s1. The predicted octanol–water partition coefficient (Wildman–Crippen LogP) is 3.74. The molecule has 1 saturated carbocycles. The van der Waals surface area contributed by atoms with E-state index in [0.717, 1.165) is 55.8 Å². The minimum absolute atomic E-state index is 0.149. The van der Waals surface area contributed by atoms with Gasteiger partial charge in [-0.15, -0.1) is 0 Å². The molecule has 0 N–H and O–H groups in total. The third kappa shape index (κ3) is 3.51. The lowest BCUT2D eigenvalue weighted by Crippen LogP contribution is -2.26. The number of Topliss-reactive ketones (excluding diaryl/α,β-unsaturated/α-hetero) is 1. The van der Waals surface area contributed by atoms with Gasteiger partial charge in [-0.2, -0.15) is 0 Å². The van der Waals surface area contributed by atoms with E-state index in [2.05, 4.69) is 4.57 Å². The van der Waals surface area contributed by atoms with Crippen molar-refractivity contribution >= 4 is 11.8 Å². The third-order valence-electron chi connectivity index (χ3n) is 6.09. The Morgan fingerprint density at radius 2 is 1.96 bits per heavy atom. The first-order valence-electron chi connectivity index (χ1n) is 10.1. The van der Waals surface area contributed by atoms with Gasteiger partial charge in [-0.3, -0.25) is 9.59 Å². The van der Waals surface area contributed by atoms with Crippen molar-refractivity contribution in [3.05, 3.63) is 58.9 Å². The van der Waals surface area contributed by atoms with Gasteiger partial charge in [0.05, 0.1) is 11.5 Å². The Balaban J connectivity index is 1.41. The van der Waals surface area contributed by atoms with E-state index in [1.807, 2.05) is 50.2 Å². The van der Waals surface area contributed by atoms with Crippen molar-refractivity contribution in [2.24, 2.45) is 0 Å². The van der Waals surface area contributed by atoms with Gasteiger partial charge in [0, 0.05) is 30.1 Å². The molecule has 1 atom stereocenters. The van der Waals surface area contributed by atoms with Gasteiger partial charge in [-0.1, -0.05) is 30.3 Å². The Kier molecular flexibility index (Phi) is 5.11. The zero-order valence-electron chi connectivity index (χ0n) is 16.6. The molecule has 1 aliphatic heterocycles. The van der Waals surface area contributed by atoms with Gasteiger partial charge in [0.2, 0.25) is 5.78 Å². The average molecular weight is 381 g/mol. The second kappa shape index (κ2) is 7.55. The summed E-state index contributed by atoms with van der Waals surface area (Å²) >= 11 is 0. The summed E-state index contributed by atoms with van der Waals surface area (Å²) in [5, 5.41) is 0. The van der Waals surface area contributed by atoms with Gasteiger partial charge in [0.15, 0.2) is 6.61 Å². The lowest BCUT2D eigenvalue weighted by molar-refractivity contribution is -0.145. The molecule has 1 saturated heterocycles. The molecule has 1 aromatic carbocycles. The number of nitrogens with zero attached hydrogens (tertiary/aromatic N) is 1. The zero-order chi connectivity index (χ0) is 19.7. The maximum atomic E-state index is 12.7. The molecule has 4 rings (SSSR count). The highest BCUT2D eigenvalue weighted by Crippen LogP contribution is 2.49. The van der Waals surface area contributed by atoms with Gasteiger partial charge < -0.3 is 14.0 Å². The largest absolute Gasteiger partial charge is 0.457 e. The molecule has 2 fully saturated rings. The number of carbonyl (C=O) groups excluding carboxylic acids is 2. The molecule has 1 aliphatic carbocycles. The fourth-order valence-electron chi connectivity index (χ4n) is 4.20. The lowest BCUT2D eigenvalue weighted by Gasteiger charge is -2.15. The van der Waals surface area contributed by atoms with Crippen molar-refractivity contribution in [2.45, 2.75) is 57.6 Å². The van der Waals surface area contributed by atoms with Crippen LogP contribution in [0.25, 0.3) is 0 Å². The van der Waals surface area contributed by atoms with Crippen molar-refractivity contribution in [1.82, 2.24) is 4.57 Å². The van der Waals surface area contributed by atoms with Crippen molar-refractivity contribution in [3.63, 3.8) is 0 Å². The molecule has 0 amide bonds. The molecule has 5 nitrogen and oxygen atoms in total. The number of ether oxygens (including phenoxy) is 2. The van der Waals surface area contributed by atoms with E-state index >= 15 is 0 Å². The maximum absolute atomic E-state index is 12.7. The highest BCUT2D eigenvalue weighted by Gasteiger charge is 2.52. The summed E-state index contributed by atoms with van der Waals surface area (Å²) < 4.78 is 13.3. The van der Waals surface area contributed by atoms with Crippen molar-refractivity contribution in [2.75, 3.05) is 13.2 Å². The first-order chi connectivity index (χ1) is 13.5. The molecule has 0 radical (unpaired) electrons. The minimum atomic E-state index is -0.557. The van der Waals surface area contributed by atoms with E-state index in [4.69, 9.17) is 9.47 Å². The number of hydrogen-bond acceptors (Lipinski definition) is 4. The Morgan fingerprint density at radius 3 is 2.61 bits per heavy atom. The fraction of sp³-hybridized carbons (Fsp3) is 0.478. The zero-order valence-corrected chi connectivity index (χ0v) is 16.6. The van der Waals surface area contributed by atoms with E-state index < -0.39 is 5.41 Å². The number of benzene rings is 1. The Morgan fingerprint density at radius 1 is 1.21 bits per heavy atom. The number of ketones is 1. The molecule has 2 aromatic rings. The van der Waals surface area contributed by atoms with Crippen LogP contribution in [0.2, 0.25) is 0 Å². The Bertz CT molecular complexity index is 874. The summed E-state index contributed by atoms with van der Waals surface area (Å²) in [6.45, 7) is 5.32. The number of hydrogen-bond donors (Lipinski definition) is 0. The van der Waals surface area contributed by atoms with Crippen LogP contribution >= 0.6 is 0 Å². The summed E-state index contributed by atoms with van der Waals surface area (Å²) in [6, 6.07) is 11.6. The van der Waals surface area contributed by atoms with Crippen LogP contribution < -0.4 is 0 Å². The second-order valence-corrected chi connectivity index (χ2v) is 7.98. The molecule has 2 aliphatic rings. The van der Waals surface area contributed by atoms with Crippen molar-refractivity contribution in [1.29, 1.82) is 0 Å². The first kappa shape index (κ1) is 18.9. The van der Waals surface area contributed by atoms with Crippen LogP contribution in [0.5, 0.6) is 0 Å².